The molecule has 2 aliphatic rings. The highest BCUT2D eigenvalue weighted by Crippen LogP contribution is 2.36. The van der Waals surface area contributed by atoms with Crippen molar-refractivity contribution in [3.8, 4) is 16.9 Å². The summed E-state index contributed by atoms with van der Waals surface area (Å²) in [7, 11) is 1.79. The maximum absolute atomic E-state index is 13.6. The minimum absolute atomic E-state index is 0.0950. The maximum atomic E-state index is 13.6. The fraction of sp³-hybridized carbons (Fsp3) is 0.486. The highest BCUT2D eigenvalue weighted by Gasteiger charge is 2.43. The van der Waals surface area contributed by atoms with Gasteiger partial charge in [0, 0.05) is 12.1 Å². The van der Waals surface area contributed by atoms with Crippen LogP contribution in [0.3, 0.4) is 0 Å². The summed E-state index contributed by atoms with van der Waals surface area (Å²) in [6.45, 7) is 7.52. The molecule has 0 spiro atoms. The van der Waals surface area contributed by atoms with Crippen LogP contribution in [0.15, 0.2) is 55.0 Å². The first-order valence-electron chi connectivity index (χ1n) is 16.9. The molecular formula is C35H43ClF5N9O3. The first-order valence-corrected chi connectivity index (χ1v) is 17.3. The fourth-order valence-corrected chi connectivity index (χ4v) is 5.19. The Hall–Kier alpha value is -4.48. The smallest absolute Gasteiger partial charge is 0.393 e. The number of carbonyl (C=O) groups is 2. The van der Waals surface area contributed by atoms with E-state index in [0.29, 0.717) is 19.7 Å². The molecule has 4 aromatic rings. The van der Waals surface area contributed by atoms with Crippen LogP contribution in [-0.2, 0) is 20.9 Å². The molecule has 2 aromatic heterocycles. The number of halogens is 6. The summed E-state index contributed by atoms with van der Waals surface area (Å²) >= 11 is 6.36. The predicted octanol–water partition coefficient (Wildman–Crippen LogP) is 6.83. The van der Waals surface area contributed by atoms with Crippen LogP contribution in [0.2, 0.25) is 5.02 Å². The molecule has 2 fully saturated rings. The summed E-state index contributed by atoms with van der Waals surface area (Å²) in [6.07, 6.45) is -0.723. The summed E-state index contributed by atoms with van der Waals surface area (Å²) in [4.78, 5) is 30.1. The predicted molar refractivity (Wildman–Crippen MR) is 187 cm³/mol. The van der Waals surface area contributed by atoms with Gasteiger partial charge in [0.15, 0.2) is 5.82 Å². The number of carbonyl (C=O) groups excluding carboxylic acids is 2. The minimum atomic E-state index is -4.06. The lowest BCUT2D eigenvalue weighted by atomic mass is 9.96. The normalized spacial score (nSPS) is 16.5. The van der Waals surface area contributed by atoms with Crippen LogP contribution >= 0.6 is 11.6 Å². The van der Waals surface area contributed by atoms with Crippen molar-refractivity contribution in [2.75, 3.05) is 20.3 Å². The SMILES string of the molecule is CC(C)(C)C(F)(F)F.CCCn1ncc(-c2ccc([C@H]3NCN([C@H](CNC)c4ccc(Cl)c(-n5ncnc5C(F)F)c4)C3=O)cc2)n1.O=COC1CC1. The van der Waals surface area contributed by atoms with Gasteiger partial charge < -0.3 is 15.0 Å². The van der Waals surface area contributed by atoms with Gasteiger partial charge in [0.05, 0.1) is 41.6 Å². The van der Waals surface area contributed by atoms with Gasteiger partial charge in [0.25, 0.3) is 12.9 Å². The van der Waals surface area contributed by atoms with E-state index in [1.54, 1.807) is 41.1 Å². The molecule has 1 aliphatic carbocycles. The third kappa shape index (κ3) is 10.8. The second-order valence-electron chi connectivity index (χ2n) is 13.3. The average molecular weight is 768 g/mol. The molecule has 53 heavy (non-hydrogen) atoms. The number of alkyl halides is 5. The van der Waals surface area contributed by atoms with Crippen molar-refractivity contribution in [2.45, 2.75) is 84.3 Å². The monoisotopic (exact) mass is 767 g/mol. The van der Waals surface area contributed by atoms with Crippen LogP contribution < -0.4 is 10.6 Å². The molecule has 2 N–H and O–H groups in total. The largest absolute Gasteiger partial charge is 0.465 e. The Balaban J connectivity index is 0.000000376. The van der Waals surface area contributed by atoms with E-state index in [1.165, 1.54) is 0 Å². The van der Waals surface area contributed by atoms with Crippen molar-refractivity contribution in [1.29, 1.82) is 0 Å². The number of aromatic nitrogens is 6. The zero-order valence-corrected chi connectivity index (χ0v) is 30.7. The molecule has 0 radical (unpaired) electrons. The highest BCUT2D eigenvalue weighted by atomic mass is 35.5. The molecule has 1 saturated heterocycles. The molecule has 0 bridgehead atoms. The van der Waals surface area contributed by atoms with E-state index in [2.05, 4.69) is 42.6 Å². The first kappa shape index (κ1) is 41.3. The second-order valence-corrected chi connectivity index (χ2v) is 13.8. The summed E-state index contributed by atoms with van der Waals surface area (Å²) < 4.78 is 67.1. The zero-order valence-electron chi connectivity index (χ0n) is 29.9. The number of ether oxygens (including phenoxy) is 1. The first-order chi connectivity index (χ1) is 25.1. The van der Waals surface area contributed by atoms with Gasteiger partial charge in [-0.15, -0.1) is 0 Å². The summed E-state index contributed by atoms with van der Waals surface area (Å²) in [5.74, 6) is -0.600. The van der Waals surface area contributed by atoms with Gasteiger partial charge in [-0.3, -0.25) is 14.9 Å². The number of hydrogen-bond donors (Lipinski definition) is 2. The summed E-state index contributed by atoms with van der Waals surface area (Å²) in [6, 6.07) is 11.9. The summed E-state index contributed by atoms with van der Waals surface area (Å²) in [5, 5.41) is 19.4. The lowest BCUT2D eigenvalue weighted by molar-refractivity contribution is -0.204. The second kappa shape index (κ2) is 18.0. The van der Waals surface area contributed by atoms with Gasteiger partial charge in [-0.2, -0.15) is 33.3 Å². The van der Waals surface area contributed by atoms with E-state index < -0.39 is 29.9 Å². The quantitative estimate of drug-likeness (QED) is 0.118. The Morgan fingerprint density at radius 1 is 1.09 bits per heavy atom. The van der Waals surface area contributed by atoms with E-state index >= 15 is 0 Å². The summed E-state index contributed by atoms with van der Waals surface area (Å²) in [5.41, 5.74) is 1.95. The zero-order chi connectivity index (χ0) is 38.9. The molecule has 3 heterocycles. The number of nitrogens with zero attached hydrogens (tertiary/aromatic N) is 7. The van der Waals surface area contributed by atoms with Crippen molar-refractivity contribution < 1.29 is 36.3 Å². The van der Waals surface area contributed by atoms with E-state index in [9.17, 15) is 31.5 Å². The van der Waals surface area contributed by atoms with Crippen LogP contribution in [0.5, 0.6) is 0 Å². The van der Waals surface area contributed by atoms with Crippen LogP contribution in [0.4, 0.5) is 22.0 Å². The van der Waals surface area contributed by atoms with Gasteiger partial charge in [0.1, 0.15) is 24.2 Å². The molecular weight excluding hydrogens is 725 g/mol. The molecule has 2 atom stereocenters. The lowest BCUT2D eigenvalue weighted by Gasteiger charge is -2.28. The van der Waals surface area contributed by atoms with Gasteiger partial charge in [0.2, 0.25) is 5.91 Å². The van der Waals surface area contributed by atoms with Crippen LogP contribution in [0, 0.1) is 5.41 Å². The number of nitrogens with one attached hydrogen (secondary N) is 2. The van der Waals surface area contributed by atoms with E-state index in [4.69, 9.17) is 11.6 Å². The van der Waals surface area contributed by atoms with Crippen molar-refractivity contribution in [3.05, 3.63) is 77.0 Å². The van der Waals surface area contributed by atoms with E-state index in [0.717, 1.165) is 80.0 Å². The van der Waals surface area contributed by atoms with Crippen molar-refractivity contribution in [1.82, 2.24) is 45.3 Å². The van der Waals surface area contributed by atoms with Gasteiger partial charge in [-0.1, -0.05) is 69.6 Å². The number of benzene rings is 2. The third-order valence-electron chi connectivity index (χ3n) is 8.24. The Labute approximate surface area is 309 Å². The number of hydrogen-bond acceptors (Lipinski definition) is 9. The minimum Gasteiger partial charge on any atom is -0.465 e. The molecule has 288 valence electrons. The molecule has 2 aromatic carbocycles. The molecule has 1 saturated carbocycles. The number of aryl methyl sites for hydroxylation is 1. The van der Waals surface area contributed by atoms with Crippen LogP contribution in [0.25, 0.3) is 16.9 Å². The fourth-order valence-electron chi connectivity index (χ4n) is 5.00. The van der Waals surface area contributed by atoms with Gasteiger partial charge in [-0.25, -0.2) is 18.4 Å². The van der Waals surface area contributed by atoms with Gasteiger partial charge >= 0.3 is 6.18 Å². The topological polar surface area (TPSA) is 132 Å². The third-order valence-corrected chi connectivity index (χ3v) is 8.56. The van der Waals surface area contributed by atoms with Gasteiger partial charge in [-0.05, 0) is 49.6 Å². The van der Waals surface area contributed by atoms with Crippen molar-refractivity contribution in [3.63, 3.8) is 0 Å². The molecule has 1 amide bonds. The molecule has 1 aliphatic heterocycles. The van der Waals surface area contributed by atoms with Crippen molar-refractivity contribution >= 4 is 24.0 Å². The molecule has 6 rings (SSSR count). The Morgan fingerprint density at radius 2 is 1.77 bits per heavy atom. The lowest BCUT2D eigenvalue weighted by Crippen LogP contribution is -2.37. The average Bonchev–Trinajstić information content (AvgIpc) is 3.43. The molecule has 18 heteroatoms. The maximum Gasteiger partial charge on any atom is 0.393 e. The number of rotatable bonds is 12. The van der Waals surface area contributed by atoms with E-state index in [1.807, 2.05) is 24.3 Å². The highest BCUT2D eigenvalue weighted by molar-refractivity contribution is 6.32. The molecule has 12 nitrogen and oxygen atoms in total. The number of likely N-dealkylation sites (N-methyl/N-ethyl adjacent to an activating group) is 1. The Kier molecular flexibility index (Phi) is 14.0. The van der Waals surface area contributed by atoms with Crippen molar-refractivity contribution in [2.24, 2.45) is 5.41 Å². The van der Waals surface area contributed by atoms with Crippen LogP contribution in [0.1, 0.15) is 82.4 Å². The standard InChI is InChI=1S/C26H28ClF2N9O.C5H9F3.C4H6O2/c1-3-10-37-33-12-20(35-37)16-4-6-17(7-5-16)23-26(39)36(15-32-23)22(13-30-2)18-8-9-19(27)21(11-18)38-25(24(28)29)31-14-34-38;1-4(2,3)5(6,7)8;5-3-6-4-1-2-4/h4-9,11-12,14,22-24,30,32H,3,10,13,15H2,1-2H3;1-3H3;3-4H,1-2H2/t22-,23-;;/m1../s1. The molecule has 0 unspecified atom stereocenters. The van der Waals surface area contributed by atoms with Crippen LogP contribution in [-0.4, -0.2) is 79.6 Å². The van der Waals surface area contributed by atoms with E-state index in [-0.39, 0.29) is 28.8 Å². The Bertz CT molecular complexity index is 1780. The number of amides is 1. The Morgan fingerprint density at radius 3 is 2.32 bits per heavy atom.